The molecule has 0 aliphatic heterocycles. The van der Waals surface area contributed by atoms with Gasteiger partial charge in [-0.1, -0.05) is 11.6 Å². The number of halogens is 2. The highest BCUT2D eigenvalue weighted by atomic mass is 35.5. The fourth-order valence-electron chi connectivity index (χ4n) is 1.12. The molecule has 0 unspecified atom stereocenters. The monoisotopic (exact) mass is 242 g/mol. The van der Waals surface area contributed by atoms with E-state index in [2.05, 4.69) is 14.7 Å². The molecule has 0 saturated heterocycles. The van der Waals surface area contributed by atoms with Gasteiger partial charge in [-0.25, -0.2) is 9.78 Å². The van der Waals surface area contributed by atoms with E-state index in [1.54, 1.807) is 12.1 Å². The van der Waals surface area contributed by atoms with Crippen LogP contribution in [0.2, 0.25) is 5.15 Å². The van der Waals surface area contributed by atoms with Crippen molar-refractivity contribution in [2.75, 3.05) is 0 Å². The zero-order chi connectivity index (χ0) is 10.8. The first-order valence-corrected chi connectivity index (χ1v) is 4.70. The molecule has 2 rings (SSSR count). The molecule has 0 radical (unpaired) electrons. The van der Waals surface area contributed by atoms with Crippen molar-refractivity contribution in [3.05, 3.63) is 29.5 Å². The van der Waals surface area contributed by atoms with Crippen LogP contribution in [0.25, 0.3) is 11.0 Å². The van der Waals surface area contributed by atoms with Gasteiger partial charge in [-0.2, -0.15) is 0 Å². The predicted octanol–water partition coefficient (Wildman–Crippen LogP) is 3.02. The van der Waals surface area contributed by atoms with E-state index in [0.717, 1.165) is 0 Å². The minimum absolute atomic E-state index is 0.275. The Morgan fingerprint density at radius 1 is 1.33 bits per heavy atom. The van der Waals surface area contributed by atoms with E-state index in [4.69, 9.17) is 23.2 Å². The number of rotatable bonds is 1. The van der Waals surface area contributed by atoms with Crippen molar-refractivity contribution in [2.45, 2.75) is 0 Å². The Labute approximate surface area is 94.8 Å². The van der Waals surface area contributed by atoms with Crippen LogP contribution < -0.4 is 4.74 Å². The van der Waals surface area contributed by atoms with Crippen molar-refractivity contribution in [1.29, 1.82) is 0 Å². The highest BCUT2D eigenvalue weighted by molar-refractivity contribution is 6.61. The van der Waals surface area contributed by atoms with E-state index in [-0.39, 0.29) is 5.15 Å². The molecule has 0 saturated carbocycles. The van der Waals surface area contributed by atoms with Crippen LogP contribution in [0, 0.1) is 0 Å². The second-order valence-corrected chi connectivity index (χ2v) is 3.38. The largest absolute Gasteiger partial charge is 0.414 e. The van der Waals surface area contributed by atoms with Gasteiger partial charge in [0.25, 0.3) is 0 Å². The van der Waals surface area contributed by atoms with Gasteiger partial charge >= 0.3 is 5.43 Å². The van der Waals surface area contributed by atoms with Gasteiger partial charge in [0, 0.05) is 17.7 Å². The van der Waals surface area contributed by atoms with Gasteiger partial charge in [0.05, 0.1) is 17.2 Å². The lowest BCUT2D eigenvalue weighted by Gasteiger charge is -2.01. The first-order valence-electron chi connectivity index (χ1n) is 3.95. The number of benzene rings is 1. The third-order valence-electron chi connectivity index (χ3n) is 1.68. The Hall–Kier alpha value is -1.39. The molecular weight excluding hydrogens is 239 g/mol. The van der Waals surface area contributed by atoms with Crippen LogP contribution in [0.5, 0.6) is 5.75 Å². The van der Waals surface area contributed by atoms with E-state index < -0.39 is 5.43 Å². The van der Waals surface area contributed by atoms with E-state index in [1.165, 1.54) is 12.3 Å². The third-order valence-corrected chi connectivity index (χ3v) is 1.94. The maximum Gasteiger partial charge on any atom is 0.409 e. The molecule has 0 N–H and O–H groups in total. The Bertz CT molecular complexity index is 531. The van der Waals surface area contributed by atoms with Gasteiger partial charge in [0.15, 0.2) is 0 Å². The summed E-state index contributed by atoms with van der Waals surface area (Å²) in [5, 5.41) is 0.275. The Kier molecular flexibility index (Phi) is 2.70. The first-order chi connectivity index (χ1) is 7.15. The second-order valence-electron chi connectivity index (χ2n) is 2.68. The number of hydrogen-bond donors (Lipinski definition) is 0. The lowest BCUT2D eigenvalue weighted by Crippen LogP contribution is -1.96. The van der Waals surface area contributed by atoms with Crippen molar-refractivity contribution in [1.82, 2.24) is 9.97 Å². The zero-order valence-corrected chi connectivity index (χ0v) is 8.79. The molecule has 1 heterocycles. The van der Waals surface area contributed by atoms with E-state index in [0.29, 0.717) is 16.8 Å². The van der Waals surface area contributed by atoms with Crippen molar-refractivity contribution in [3.63, 3.8) is 0 Å². The molecule has 15 heavy (non-hydrogen) atoms. The van der Waals surface area contributed by atoms with Gasteiger partial charge in [0.2, 0.25) is 0 Å². The summed E-state index contributed by atoms with van der Waals surface area (Å²) < 4.78 is 4.68. The number of nitrogens with zero attached hydrogens (tertiary/aromatic N) is 2. The molecule has 0 atom stereocenters. The van der Waals surface area contributed by atoms with Crippen molar-refractivity contribution < 1.29 is 9.53 Å². The number of carbonyl (C=O) groups excluding carboxylic acids is 1. The molecule has 2 aromatic rings. The highest BCUT2D eigenvalue weighted by Gasteiger charge is 2.03. The molecule has 0 fully saturated rings. The number of hydrogen-bond acceptors (Lipinski definition) is 4. The van der Waals surface area contributed by atoms with Gasteiger partial charge in [-0.15, -0.1) is 0 Å². The Balaban J connectivity index is 2.49. The molecule has 1 aromatic carbocycles. The SMILES string of the molecule is O=C(Cl)Oc1ccc2ncc(Cl)nc2c1. The summed E-state index contributed by atoms with van der Waals surface area (Å²) in [4.78, 5) is 18.5. The minimum Gasteiger partial charge on any atom is -0.414 e. The normalized spacial score (nSPS) is 10.3. The third kappa shape index (κ3) is 2.34. The van der Waals surface area contributed by atoms with Crippen LogP contribution in [0.1, 0.15) is 0 Å². The standard InChI is InChI=1S/C9H4Cl2N2O2/c10-8-4-12-6-2-1-5(15-9(11)14)3-7(6)13-8/h1-4H. The molecule has 0 aliphatic rings. The summed E-state index contributed by atoms with van der Waals surface area (Å²) in [6, 6.07) is 4.77. The summed E-state index contributed by atoms with van der Waals surface area (Å²) >= 11 is 10.7. The quantitative estimate of drug-likeness (QED) is 0.722. The number of carbonyl (C=O) groups is 1. The molecule has 0 amide bonds. The first kappa shape index (κ1) is 10.1. The lowest BCUT2D eigenvalue weighted by molar-refractivity contribution is 0.225. The molecule has 1 aromatic heterocycles. The van der Waals surface area contributed by atoms with Crippen LogP contribution in [-0.2, 0) is 0 Å². The average molecular weight is 243 g/mol. The van der Waals surface area contributed by atoms with Gasteiger partial charge in [-0.05, 0) is 12.1 Å². The molecular formula is C9H4Cl2N2O2. The summed E-state index contributed by atoms with van der Waals surface area (Å²) in [7, 11) is 0. The second kappa shape index (κ2) is 4.00. The van der Waals surface area contributed by atoms with Crippen molar-refractivity contribution in [2.24, 2.45) is 0 Å². The van der Waals surface area contributed by atoms with Crippen molar-refractivity contribution in [3.8, 4) is 5.75 Å². The summed E-state index contributed by atoms with van der Waals surface area (Å²) in [5.74, 6) is 0.305. The van der Waals surface area contributed by atoms with Gasteiger partial charge in [-0.3, -0.25) is 4.98 Å². The highest BCUT2D eigenvalue weighted by Crippen LogP contribution is 2.19. The number of aromatic nitrogens is 2. The summed E-state index contributed by atoms with van der Waals surface area (Å²) in [6.45, 7) is 0. The Morgan fingerprint density at radius 3 is 2.87 bits per heavy atom. The van der Waals surface area contributed by atoms with E-state index in [1.807, 2.05) is 0 Å². The van der Waals surface area contributed by atoms with Crippen LogP contribution in [0.15, 0.2) is 24.4 Å². The average Bonchev–Trinajstić information content (AvgIpc) is 2.16. The fourth-order valence-corrected chi connectivity index (χ4v) is 1.35. The van der Waals surface area contributed by atoms with Crippen LogP contribution in [0.4, 0.5) is 4.79 Å². The maximum absolute atomic E-state index is 10.5. The molecule has 4 nitrogen and oxygen atoms in total. The molecule has 0 bridgehead atoms. The maximum atomic E-state index is 10.5. The fraction of sp³-hybridized carbons (Fsp3) is 0. The van der Waals surface area contributed by atoms with Crippen LogP contribution >= 0.6 is 23.2 Å². The Morgan fingerprint density at radius 2 is 2.13 bits per heavy atom. The molecule has 6 heteroatoms. The number of fused-ring (bicyclic) bond motifs is 1. The van der Waals surface area contributed by atoms with E-state index >= 15 is 0 Å². The lowest BCUT2D eigenvalue weighted by atomic mass is 10.3. The van der Waals surface area contributed by atoms with Gasteiger partial charge < -0.3 is 4.74 Å². The van der Waals surface area contributed by atoms with E-state index in [9.17, 15) is 4.79 Å². The summed E-state index contributed by atoms with van der Waals surface area (Å²) in [5.41, 5.74) is 0.302. The van der Waals surface area contributed by atoms with Crippen LogP contribution in [-0.4, -0.2) is 15.4 Å². The minimum atomic E-state index is -0.899. The molecule has 0 spiro atoms. The van der Waals surface area contributed by atoms with Crippen molar-refractivity contribution >= 4 is 39.7 Å². The topological polar surface area (TPSA) is 52.1 Å². The van der Waals surface area contributed by atoms with Gasteiger partial charge in [0.1, 0.15) is 10.9 Å². The zero-order valence-electron chi connectivity index (χ0n) is 7.28. The molecule has 0 aliphatic carbocycles. The molecule has 76 valence electrons. The van der Waals surface area contributed by atoms with Crippen LogP contribution in [0.3, 0.4) is 0 Å². The smallest absolute Gasteiger partial charge is 0.409 e. The number of ether oxygens (including phenoxy) is 1. The predicted molar refractivity (Wildman–Crippen MR) is 56.4 cm³/mol. The summed E-state index contributed by atoms with van der Waals surface area (Å²) in [6.07, 6.45) is 1.44.